The normalized spacial score (nSPS) is 9.57. The Balaban J connectivity index is 1.87. The Morgan fingerprint density at radius 1 is 1.17 bits per heavy atom. The average molecular weight is 313 g/mol. The largest absolute Gasteiger partial charge is 0.444 e. The van der Waals surface area contributed by atoms with E-state index in [4.69, 9.17) is 4.74 Å². The van der Waals surface area contributed by atoms with Gasteiger partial charge in [-0.25, -0.2) is 9.59 Å². The summed E-state index contributed by atoms with van der Waals surface area (Å²) in [5.74, 6) is 0. The number of hydrogen-bond donors (Lipinski definition) is 1. The molecule has 0 aliphatic carbocycles. The summed E-state index contributed by atoms with van der Waals surface area (Å²) in [6.45, 7) is -0.0165. The van der Waals surface area contributed by atoms with Crippen molar-refractivity contribution in [3.05, 3.63) is 64.2 Å². The van der Waals surface area contributed by atoms with Crippen molar-refractivity contribution in [2.75, 3.05) is 5.32 Å². The molecule has 0 aliphatic heterocycles. The summed E-state index contributed by atoms with van der Waals surface area (Å²) in [6, 6.07) is 11.9. The zero-order valence-corrected chi connectivity index (χ0v) is 11.8. The van der Waals surface area contributed by atoms with E-state index >= 15 is 0 Å². The van der Waals surface area contributed by atoms with Crippen molar-refractivity contribution in [1.82, 2.24) is 0 Å². The van der Waals surface area contributed by atoms with Crippen molar-refractivity contribution in [2.24, 2.45) is 4.99 Å². The second kappa shape index (κ2) is 7.48. The summed E-state index contributed by atoms with van der Waals surface area (Å²) in [6.07, 6.45) is 0.743. The number of carbonyl (C=O) groups is 1. The molecule has 0 aromatic heterocycles. The maximum atomic E-state index is 11.6. The molecule has 2 aromatic carbocycles. The van der Waals surface area contributed by atoms with E-state index in [0.29, 0.717) is 16.9 Å². The highest BCUT2D eigenvalue weighted by molar-refractivity contribution is 5.84. The van der Waals surface area contributed by atoms with Crippen molar-refractivity contribution < 1.29 is 19.2 Å². The van der Waals surface area contributed by atoms with Crippen LogP contribution in [-0.4, -0.2) is 17.1 Å². The van der Waals surface area contributed by atoms with Gasteiger partial charge in [0, 0.05) is 17.8 Å². The van der Waals surface area contributed by atoms with Gasteiger partial charge in [-0.3, -0.25) is 15.4 Å². The zero-order chi connectivity index (χ0) is 16.7. The van der Waals surface area contributed by atoms with Crippen LogP contribution in [0.1, 0.15) is 5.56 Å². The molecule has 1 amide bonds. The van der Waals surface area contributed by atoms with Gasteiger partial charge in [0.2, 0.25) is 6.08 Å². The third kappa shape index (κ3) is 4.76. The molecule has 0 saturated carbocycles. The lowest BCUT2D eigenvalue weighted by Crippen LogP contribution is -2.13. The Bertz CT molecular complexity index is 750. The van der Waals surface area contributed by atoms with Gasteiger partial charge < -0.3 is 4.74 Å². The number of nitro groups is 1. The number of amides is 1. The van der Waals surface area contributed by atoms with Gasteiger partial charge in [-0.15, -0.1) is 0 Å². The van der Waals surface area contributed by atoms with Crippen molar-refractivity contribution >= 4 is 29.2 Å². The van der Waals surface area contributed by atoms with Crippen LogP contribution in [0.15, 0.2) is 53.5 Å². The average Bonchev–Trinajstić information content (AvgIpc) is 2.55. The fraction of sp³-hybridized carbons (Fsp3) is 0.0667. The lowest BCUT2D eigenvalue weighted by molar-refractivity contribution is -0.384. The number of carbonyl (C=O) groups excluding carboxylic acids is 2. The molecule has 0 heterocycles. The summed E-state index contributed by atoms with van der Waals surface area (Å²) >= 11 is 0. The first-order valence-electron chi connectivity index (χ1n) is 6.43. The summed E-state index contributed by atoms with van der Waals surface area (Å²) < 4.78 is 5.00. The molecular weight excluding hydrogens is 302 g/mol. The van der Waals surface area contributed by atoms with Gasteiger partial charge >= 0.3 is 6.09 Å². The SMILES string of the molecule is O=C=Nc1ccc(NC(=O)OCc2ccc([N+](=O)[O-])cc2)cc1. The molecule has 8 nitrogen and oxygen atoms in total. The van der Waals surface area contributed by atoms with Gasteiger partial charge in [-0.2, -0.15) is 4.99 Å². The highest BCUT2D eigenvalue weighted by Crippen LogP contribution is 2.16. The molecule has 116 valence electrons. The van der Waals surface area contributed by atoms with Crippen molar-refractivity contribution in [1.29, 1.82) is 0 Å². The van der Waals surface area contributed by atoms with Crippen LogP contribution in [0.5, 0.6) is 0 Å². The minimum atomic E-state index is -0.671. The van der Waals surface area contributed by atoms with Crippen LogP contribution in [0.25, 0.3) is 0 Å². The molecule has 1 N–H and O–H groups in total. The summed E-state index contributed by atoms with van der Waals surface area (Å²) in [5.41, 5.74) is 1.49. The number of hydrogen-bond acceptors (Lipinski definition) is 6. The summed E-state index contributed by atoms with van der Waals surface area (Å²) in [4.78, 5) is 35.2. The number of isocyanates is 1. The first-order valence-corrected chi connectivity index (χ1v) is 6.43. The van der Waals surface area contributed by atoms with Crippen LogP contribution in [-0.2, 0) is 16.1 Å². The summed E-state index contributed by atoms with van der Waals surface area (Å²) in [5, 5.41) is 13.0. The van der Waals surface area contributed by atoms with Crippen LogP contribution in [0.2, 0.25) is 0 Å². The number of non-ortho nitro benzene ring substituents is 1. The third-order valence-corrected chi connectivity index (χ3v) is 2.81. The molecular formula is C15H11N3O5. The lowest BCUT2D eigenvalue weighted by Gasteiger charge is -2.07. The molecule has 23 heavy (non-hydrogen) atoms. The van der Waals surface area contributed by atoms with E-state index in [1.165, 1.54) is 42.5 Å². The van der Waals surface area contributed by atoms with Crippen molar-refractivity contribution in [2.45, 2.75) is 6.61 Å². The Hall–Kier alpha value is -3.51. The molecule has 2 aromatic rings. The Morgan fingerprint density at radius 2 is 1.83 bits per heavy atom. The third-order valence-electron chi connectivity index (χ3n) is 2.81. The van der Waals surface area contributed by atoms with Gasteiger partial charge in [0.15, 0.2) is 0 Å². The number of nitrogens with zero attached hydrogens (tertiary/aromatic N) is 2. The monoisotopic (exact) mass is 313 g/mol. The molecule has 8 heteroatoms. The topological polar surface area (TPSA) is 111 Å². The van der Waals surface area contributed by atoms with Gasteiger partial charge in [0.25, 0.3) is 5.69 Å². The van der Waals surface area contributed by atoms with E-state index in [0.717, 1.165) is 0 Å². The van der Waals surface area contributed by atoms with E-state index < -0.39 is 11.0 Å². The van der Waals surface area contributed by atoms with Gasteiger partial charge in [-0.05, 0) is 42.0 Å². The molecule has 0 saturated heterocycles. The van der Waals surface area contributed by atoms with Crippen LogP contribution in [0.3, 0.4) is 0 Å². The van der Waals surface area contributed by atoms with E-state index in [1.54, 1.807) is 12.1 Å². The zero-order valence-electron chi connectivity index (χ0n) is 11.8. The van der Waals surface area contributed by atoms with Crippen molar-refractivity contribution in [3.63, 3.8) is 0 Å². The van der Waals surface area contributed by atoms with Gasteiger partial charge in [0.1, 0.15) is 6.61 Å². The Labute approximate surface area is 130 Å². The quantitative estimate of drug-likeness (QED) is 0.394. The minimum Gasteiger partial charge on any atom is -0.444 e. The fourth-order valence-corrected chi connectivity index (χ4v) is 1.69. The predicted molar refractivity (Wildman–Crippen MR) is 81.1 cm³/mol. The van der Waals surface area contributed by atoms with E-state index in [1.807, 2.05) is 0 Å². The van der Waals surface area contributed by atoms with Crippen LogP contribution >= 0.6 is 0 Å². The molecule has 0 aliphatic rings. The smallest absolute Gasteiger partial charge is 0.411 e. The van der Waals surface area contributed by atoms with Crippen LogP contribution in [0.4, 0.5) is 21.9 Å². The number of anilines is 1. The fourth-order valence-electron chi connectivity index (χ4n) is 1.69. The van der Waals surface area contributed by atoms with Crippen molar-refractivity contribution in [3.8, 4) is 0 Å². The first-order chi connectivity index (χ1) is 11.1. The first kappa shape index (κ1) is 15.9. The number of ether oxygens (including phenoxy) is 1. The van der Waals surface area contributed by atoms with E-state index in [-0.39, 0.29) is 12.3 Å². The summed E-state index contributed by atoms with van der Waals surface area (Å²) in [7, 11) is 0. The standard InChI is InChI=1S/C15H11N3O5/c19-10-16-12-3-5-13(6-4-12)17-15(20)23-9-11-1-7-14(8-2-11)18(21)22/h1-8H,9H2,(H,17,20). The molecule has 0 spiro atoms. The minimum absolute atomic E-state index is 0.0165. The molecule has 0 radical (unpaired) electrons. The second-order valence-corrected chi connectivity index (χ2v) is 4.37. The van der Waals surface area contributed by atoms with Crippen LogP contribution < -0.4 is 5.32 Å². The second-order valence-electron chi connectivity index (χ2n) is 4.37. The molecule has 0 bridgehead atoms. The molecule has 2 rings (SSSR count). The van der Waals surface area contributed by atoms with Gasteiger partial charge in [0.05, 0.1) is 10.6 Å². The Kier molecular flexibility index (Phi) is 5.16. The number of nitrogens with one attached hydrogen (secondary N) is 1. The van der Waals surface area contributed by atoms with Crippen LogP contribution in [0, 0.1) is 10.1 Å². The molecule has 0 atom stereocenters. The van der Waals surface area contributed by atoms with E-state index in [9.17, 15) is 19.7 Å². The highest BCUT2D eigenvalue weighted by atomic mass is 16.6. The predicted octanol–water partition coefficient (Wildman–Crippen LogP) is 3.31. The number of aliphatic imine (C=N–C) groups is 1. The number of rotatable bonds is 5. The Morgan fingerprint density at radius 3 is 2.39 bits per heavy atom. The highest BCUT2D eigenvalue weighted by Gasteiger charge is 2.06. The maximum Gasteiger partial charge on any atom is 0.411 e. The number of benzene rings is 2. The molecule has 0 fully saturated rings. The lowest BCUT2D eigenvalue weighted by atomic mass is 10.2. The van der Waals surface area contributed by atoms with Gasteiger partial charge in [-0.1, -0.05) is 0 Å². The van der Waals surface area contributed by atoms with E-state index in [2.05, 4.69) is 10.3 Å². The maximum absolute atomic E-state index is 11.6. The molecule has 0 unspecified atom stereocenters. The number of nitro benzene ring substituents is 1.